The number of aryl methyl sites for hydroxylation is 1. The molecule has 1 N–H and O–H groups in total. The molecule has 8 heteroatoms. The van der Waals surface area contributed by atoms with Crippen LogP contribution >= 0.6 is 0 Å². The Kier molecular flexibility index (Phi) is 9.90. The number of carbonyl (C=O) groups excluding carboxylic acids is 2. The van der Waals surface area contributed by atoms with Gasteiger partial charge in [-0.15, -0.1) is 0 Å². The lowest BCUT2D eigenvalue weighted by Crippen LogP contribution is -2.46. The van der Waals surface area contributed by atoms with Gasteiger partial charge >= 0.3 is 0 Å². The van der Waals surface area contributed by atoms with Gasteiger partial charge in [-0.05, 0) is 67.1 Å². The Bertz CT molecular complexity index is 1620. The van der Waals surface area contributed by atoms with Crippen LogP contribution in [0.5, 0.6) is 0 Å². The lowest BCUT2D eigenvalue weighted by molar-refractivity contribution is 0.0544. The van der Waals surface area contributed by atoms with Gasteiger partial charge in [-0.25, -0.2) is 9.07 Å². The summed E-state index contributed by atoms with van der Waals surface area (Å²) in [5.41, 5.74) is 4.92. The van der Waals surface area contributed by atoms with Crippen molar-refractivity contribution < 1.29 is 19.1 Å². The number of unbranched alkanes of at least 4 members (excludes halogenated alkanes) is 2. The topological polar surface area (TPSA) is 78.7 Å². The van der Waals surface area contributed by atoms with Crippen molar-refractivity contribution in [1.29, 1.82) is 0 Å². The third-order valence-electron chi connectivity index (χ3n) is 8.42. The molecule has 1 aromatic heterocycles. The molecule has 0 aliphatic carbocycles. The van der Waals surface area contributed by atoms with Gasteiger partial charge in [-0.3, -0.25) is 9.59 Å². The Morgan fingerprint density at radius 3 is 2.32 bits per heavy atom. The van der Waals surface area contributed by atoms with E-state index in [1.807, 2.05) is 36.1 Å². The lowest BCUT2D eigenvalue weighted by atomic mass is 9.93. The van der Waals surface area contributed by atoms with E-state index in [0.29, 0.717) is 59.8 Å². The smallest absolute Gasteiger partial charge is 0.274 e. The average Bonchev–Trinajstić information content (AvgIpc) is 3.44. The van der Waals surface area contributed by atoms with Crippen LogP contribution in [0.15, 0.2) is 72.8 Å². The van der Waals surface area contributed by atoms with Crippen LogP contribution in [0, 0.1) is 12.7 Å². The Morgan fingerprint density at radius 2 is 1.64 bits per heavy atom. The number of hydrogen-bond donors (Lipinski definition) is 1. The Balaban J connectivity index is 1.58. The minimum absolute atomic E-state index is 0.127. The average molecular weight is 597 g/mol. The summed E-state index contributed by atoms with van der Waals surface area (Å²) in [4.78, 5) is 31.6. The summed E-state index contributed by atoms with van der Waals surface area (Å²) in [6, 6.07) is 21.0. The summed E-state index contributed by atoms with van der Waals surface area (Å²) >= 11 is 0. The second-order valence-electron chi connectivity index (χ2n) is 11.5. The molecule has 2 amide bonds. The van der Waals surface area contributed by atoms with Gasteiger partial charge in [-0.2, -0.15) is 5.10 Å². The molecule has 0 spiro atoms. The lowest BCUT2D eigenvalue weighted by Gasteiger charge is -2.36. The third kappa shape index (κ3) is 6.45. The van der Waals surface area contributed by atoms with E-state index < -0.39 is 6.04 Å². The van der Waals surface area contributed by atoms with Crippen molar-refractivity contribution in [2.75, 3.05) is 19.7 Å². The molecule has 3 aromatic carbocycles. The largest absolute Gasteiger partial charge is 0.394 e. The Labute approximate surface area is 258 Å². The number of amides is 2. The number of aliphatic hydroxyl groups is 1. The molecule has 0 radical (unpaired) electrons. The zero-order valence-corrected chi connectivity index (χ0v) is 25.8. The number of nitrogens with zero attached hydrogens (tertiary/aromatic N) is 4. The first-order valence-electron chi connectivity index (χ1n) is 15.6. The maximum absolute atomic E-state index is 14.9. The molecule has 0 saturated carbocycles. The SMILES string of the molecule is CCCCN(CCCC)C(=O)c1cc(C)n(-c2ccc(-c3ccccc3F)cc2C(=O)N2Cc3ccccc3C[C@H]2CO)n1. The van der Waals surface area contributed by atoms with E-state index in [0.717, 1.165) is 36.8 Å². The van der Waals surface area contributed by atoms with E-state index in [4.69, 9.17) is 5.10 Å². The molecule has 0 unspecified atom stereocenters. The van der Waals surface area contributed by atoms with Gasteiger partial charge in [0.25, 0.3) is 11.8 Å². The van der Waals surface area contributed by atoms with Crippen LogP contribution < -0.4 is 0 Å². The molecule has 1 atom stereocenters. The molecule has 0 fully saturated rings. The molecular formula is C36H41FN4O3. The summed E-state index contributed by atoms with van der Waals surface area (Å²) in [5, 5.41) is 15.1. The Morgan fingerprint density at radius 1 is 0.955 bits per heavy atom. The predicted octanol–water partition coefficient (Wildman–Crippen LogP) is 6.59. The number of halogens is 1. The molecular weight excluding hydrogens is 555 g/mol. The summed E-state index contributed by atoms with van der Waals surface area (Å²) in [7, 11) is 0. The van der Waals surface area contributed by atoms with Gasteiger partial charge in [0.2, 0.25) is 0 Å². The molecule has 0 saturated heterocycles. The molecule has 1 aliphatic rings. The van der Waals surface area contributed by atoms with E-state index in [9.17, 15) is 19.1 Å². The monoisotopic (exact) mass is 596 g/mol. The van der Waals surface area contributed by atoms with Gasteiger partial charge in [0.05, 0.1) is 23.9 Å². The van der Waals surface area contributed by atoms with E-state index in [1.165, 1.54) is 6.07 Å². The number of hydrogen-bond acceptors (Lipinski definition) is 4. The molecule has 44 heavy (non-hydrogen) atoms. The number of carbonyl (C=O) groups is 2. The van der Waals surface area contributed by atoms with Crippen LogP contribution in [0.25, 0.3) is 16.8 Å². The first kappa shape index (κ1) is 31.1. The van der Waals surface area contributed by atoms with Crippen LogP contribution in [-0.2, 0) is 13.0 Å². The Hall–Kier alpha value is -4.30. The van der Waals surface area contributed by atoms with Gasteiger partial charge in [0.1, 0.15) is 5.82 Å². The number of aromatic nitrogens is 2. The van der Waals surface area contributed by atoms with Crippen LogP contribution in [0.2, 0.25) is 0 Å². The number of aliphatic hydroxyl groups excluding tert-OH is 1. The van der Waals surface area contributed by atoms with Gasteiger partial charge in [0, 0.05) is 30.9 Å². The first-order chi connectivity index (χ1) is 21.4. The summed E-state index contributed by atoms with van der Waals surface area (Å²) in [5.74, 6) is -0.805. The highest BCUT2D eigenvalue weighted by molar-refractivity contribution is 6.00. The summed E-state index contributed by atoms with van der Waals surface area (Å²) in [6.07, 6.45) is 4.33. The van der Waals surface area contributed by atoms with Gasteiger partial charge in [0.15, 0.2) is 5.69 Å². The number of benzene rings is 3. The fourth-order valence-corrected chi connectivity index (χ4v) is 5.90. The van der Waals surface area contributed by atoms with Crippen molar-refractivity contribution in [2.45, 2.75) is 65.5 Å². The maximum atomic E-state index is 14.9. The highest BCUT2D eigenvalue weighted by Crippen LogP contribution is 2.31. The molecule has 5 rings (SSSR count). The van der Waals surface area contributed by atoms with Crippen LogP contribution in [0.3, 0.4) is 0 Å². The molecule has 7 nitrogen and oxygen atoms in total. The summed E-state index contributed by atoms with van der Waals surface area (Å²) in [6.45, 7) is 7.56. The zero-order valence-electron chi connectivity index (χ0n) is 25.8. The standard InChI is InChI=1S/C36H41FN4O3/c1-4-6-18-39(19-7-5-2)36(44)33-20-25(3)41(38-33)34-17-16-27(30-14-10-11-15-32(30)37)22-31(34)35(43)40-23-28-13-9-8-12-26(28)21-29(40)24-42/h8-17,20,22,29,42H,4-7,18-19,21,23-24H2,1-3H3/t29-/m0/s1. The maximum Gasteiger partial charge on any atom is 0.274 e. The zero-order chi connectivity index (χ0) is 31.2. The second kappa shape index (κ2) is 14.0. The minimum Gasteiger partial charge on any atom is -0.394 e. The van der Waals surface area contributed by atoms with Gasteiger partial charge < -0.3 is 14.9 Å². The number of rotatable bonds is 11. The van der Waals surface area contributed by atoms with E-state index >= 15 is 0 Å². The second-order valence-corrected chi connectivity index (χ2v) is 11.5. The molecule has 1 aliphatic heterocycles. The minimum atomic E-state index is -0.413. The van der Waals surface area contributed by atoms with Crippen molar-refractivity contribution in [1.82, 2.24) is 19.6 Å². The molecule has 0 bridgehead atoms. The van der Waals surface area contributed by atoms with Crippen molar-refractivity contribution in [3.05, 3.63) is 107 Å². The van der Waals surface area contributed by atoms with Crippen molar-refractivity contribution >= 4 is 11.8 Å². The molecule has 230 valence electrons. The highest BCUT2D eigenvalue weighted by atomic mass is 19.1. The first-order valence-corrected chi connectivity index (χ1v) is 15.6. The highest BCUT2D eigenvalue weighted by Gasteiger charge is 2.32. The van der Waals surface area contributed by atoms with Crippen molar-refractivity contribution in [3.8, 4) is 16.8 Å². The third-order valence-corrected chi connectivity index (χ3v) is 8.42. The van der Waals surface area contributed by atoms with Crippen molar-refractivity contribution in [2.24, 2.45) is 0 Å². The molecule has 2 heterocycles. The molecule has 4 aromatic rings. The van der Waals surface area contributed by atoms with Crippen LogP contribution in [-0.4, -0.2) is 62.2 Å². The van der Waals surface area contributed by atoms with E-state index in [1.54, 1.807) is 52.0 Å². The fourth-order valence-electron chi connectivity index (χ4n) is 5.90. The quantitative estimate of drug-likeness (QED) is 0.212. The number of fused-ring (bicyclic) bond motifs is 1. The normalized spacial score (nSPS) is 14.4. The van der Waals surface area contributed by atoms with Crippen molar-refractivity contribution in [3.63, 3.8) is 0 Å². The van der Waals surface area contributed by atoms with E-state index in [2.05, 4.69) is 13.8 Å². The predicted molar refractivity (Wildman–Crippen MR) is 170 cm³/mol. The fraction of sp³-hybridized carbons (Fsp3) is 0.361. The van der Waals surface area contributed by atoms with Crippen LogP contribution in [0.1, 0.15) is 77.2 Å². The summed E-state index contributed by atoms with van der Waals surface area (Å²) < 4.78 is 16.5. The van der Waals surface area contributed by atoms with Crippen LogP contribution in [0.4, 0.5) is 4.39 Å². The van der Waals surface area contributed by atoms with E-state index in [-0.39, 0.29) is 24.2 Å². The van der Waals surface area contributed by atoms with Gasteiger partial charge in [-0.1, -0.05) is 75.2 Å².